The van der Waals surface area contributed by atoms with Crippen LogP contribution in [0.2, 0.25) is 0 Å². The topological polar surface area (TPSA) is 76.1 Å². The lowest BCUT2D eigenvalue weighted by Crippen LogP contribution is -2.38. The Labute approximate surface area is 121 Å². The van der Waals surface area contributed by atoms with Crippen molar-refractivity contribution in [1.29, 1.82) is 0 Å². The van der Waals surface area contributed by atoms with E-state index in [1.165, 1.54) is 12.3 Å². The summed E-state index contributed by atoms with van der Waals surface area (Å²) in [6.45, 7) is 1.38. The average Bonchev–Trinajstić information content (AvgIpc) is 2.54. The Kier molecular flexibility index (Phi) is 3.51. The van der Waals surface area contributed by atoms with Crippen molar-refractivity contribution in [2.24, 2.45) is 0 Å². The second kappa shape index (κ2) is 5.47. The van der Waals surface area contributed by atoms with Crippen molar-refractivity contribution < 1.29 is 24.2 Å². The molecule has 21 heavy (non-hydrogen) atoms. The molecule has 0 aromatic heterocycles. The summed E-state index contributed by atoms with van der Waals surface area (Å²) in [5.41, 5.74) is 1.85. The molecule has 0 atom stereocenters. The lowest BCUT2D eigenvalue weighted by atomic mass is 9.99. The minimum atomic E-state index is -0.965. The fraction of sp³-hybridized carbons (Fsp3) is 0.333. The van der Waals surface area contributed by atoms with Gasteiger partial charge in [-0.25, -0.2) is 4.79 Å². The summed E-state index contributed by atoms with van der Waals surface area (Å²) < 4.78 is 10.4. The highest BCUT2D eigenvalue weighted by atomic mass is 16.6. The summed E-state index contributed by atoms with van der Waals surface area (Å²) in [5, 5.41) is 9.04. The fourth-order valence-corrected chi connectivity index (χ4v) is 2.55. The summed E-state index contributed by atoms with van der Waals surface area (Å²) in [4.78, 5) is 25.1. The predicted molar refractivity (Wildman–Crippen MR) is 74.1 cm³/mol. The molecule has 0 spiro atoms. The second-order valence-corrected chi connectivity index (χ2v) is 4.91. The van der Waals surface area contributed by atoms with Crippen LogP contribution in [0.15, 0.2) is 30.2 Å². The number of hydrogen-bond acceptors (Lipinski definition) is 4. The molecule has 1 aromatic carbocycles. The molecule has 2 heterocycles. The maximum Gasteiger partial charge on any atom is 0.335 e. The van der Waals surface area contributed by atoms with Crippen molar-refractivity contribution in [2.45, 2.75) is 12.8 Å². The van der Waals surface area contributed by atoms with Crippen LogP contribution in [-0.2, 0) is 20.7 Å². The Morgan fingerprint density at radius 3 is 2.81 bits per heavy atom. The first-order valence-electron chi connectivity index (χ1n) is 6.79. The number of benzene rings is 1. The van der Waals surface area contributed by atoms with E-state index in [2.05, 4.69) is 0 Å². The summed E-state index contributed by atoms with van der Waals surface area (Å²) in [7, 11) is 0. The number of amides is 1. The van der Waals surface area contributed by atoms with Crippen LogP contribution >= 0.6 is 0 Å². The zero-order valence-electron chi connectivity index (χ0n) is 11.4. The van der Waals surface area contributed by atoms with Gasteiger partial charge in [-0.2, -0.15) is 0 Å². The molecular formula is C15H15NO5. The highest BCUT2D eigenvalue weighted by Crippen LogP contribution is 2.29. The largest absolute Gasteiger partial charge is 0.494 e. The number of carbonyl (C=O) groups excluding carboxylic acids is 1. The van der Waals surface area contributed by atoms with Gasteiger partial charge in [0.15, 0.2) is 0 Å². The van der Waals surface area contributed by atoms with E-state index in [-0.39, 0.29) is 17.2 Å². The molecule has 0 radical (unpaired) electrons. The van der Waals surface area contributed by atoms with Crippen LogP contribution in [0.5, 0.6) is 0 Å². The third-order valence-electron chi connectivity index (χ3n) is 3.55. The van der Waals surface area contributed by atoms with E-state index in [1.54, 1.807) is 17.0 Å². The molecule has 0 saturated carbocycles. The van der Waals surface area contributed by atoms with Crippen molar-refractivity contribution >= 4 is 17.6 Å². The van der Waals surface area contributed by atoms with Crippen LogP contribution in [-0.4, -0.2) is 36.7 Å². The number of aromatic carboxylic acids is 1. The molecule has 3 rings (SSSR count). The number of carboxylic acid groups (broad SMARTS) is 1. The van der Waals surface area contributed by atoms with E-state index in [9.17, 15) is 9.59 Å². The predicted octanol–water partition coefficient (Wildman–Crippen LogP) is 1.55. The number of rotatable bonds is 2. The summed E-state index contributed by atoms with van der Waals surface area (Å²) >= 11 is 0. The zero-order chi connectivity index (χ0) is 14.8. The number of anilines is 1. The number of carboxylic acids is 1. The number of nitrogens with zero attached hydrogens (tertiary/aromatic N) is 1. The van der Waals surface area contributed by atoms with Gasteiger partial charge in [0.05, 0.1) is 5.56 Å². The van der Waals surface area contributed by atoms with Gasteiger partial charge >= 0.3 is 5.97 Å². The SMILES string of the molecule is O=C(O)c1ccc2c(c1)CCCN2C(=O)C1=COCCO1. The molecule has 110 valence electrons. The first-order chi connectivity index (χ1) is 10.2. The number of fused-ring (bicyclic) bond motifs is 1. The third-order valence-corrected chi connectivity index (χ3v) is 3.55. The van der Waals surface area contributed by atoms with Crippen LogP contribution < -0.4 is 4.90 Å². The average molecular weight is 289 g/mol. The Hall–Kier alpha value is -2.50. The van der Waals surface area contributed by atoms with E-state index in [0.29, 0.717) is 19.8 Å². The molecule has 1 amide bonds. The minimum absolute atomic E-state index is 0.191. The molecule has 1 N–H and O–H groups in total. The molecule has 2 aliphatic rings. The molecular weight excluding hydrogens is 274 g/mol. The van der Waals surface area contributed by atoms with Gasteiger partial charge in [-0.15, -0.1) is 0 Å². The maximum absolute atomic E-state index is 12.5. The van der Waals surface area contributed by atoms with E-state index < -0.39 is 5.97 Å². The fourth-order valence-electron chi connectivity index (χ4n) is 2.55. The van der Waals surface area contributed by atoms with Crippen LogP contribution in [0, 0.1) is 0 Å². The number of ether oxygens (including phenoxy) is 2. The minimum Gasteiger partial charge on any atom is -0.494 e. The van der Waals surface area contributed by atoms with Gasteiger partial charge in [-0.05, 0) is 36.6 Å². The van der Waals surface area contributed by atoms with E-state index in [0.717, 1.165) is 24.1 Å². The van der Waals surface area contributed by atoms with Crippen molar-refractivity contribution in [1.82, 2.24) is 0 Å². The van der Waals surface area contributed by atoms with Gasteiger partial charge in [0.2, 0.25) is 5.76 Å². The van der Waals surface area contributed by atoms with Crippen LogP contribution in [0.25, 0.3) is 0 Å². The Balaban J connectivity index is 1.91. The van der Waals surface area contributed by atoms with Gasteiger partial charge in [-0.3, -0.25) is 4.79 Å². The molecule has 0 saturated heterocycles. The third kappa shape index (κ3) is 2.56. The lowest BCUT2D eigenvalue weighted by molar-refractivity contribution is -0.119. The maximum atomic E-state index is 12.5. The molecule has 6 nitrogen and oxygen atoms in total. The highest BCUT2D eigenvalue weighted by Gasteiger charge is 2.27. The monoisotopic (exact) mass is 289 g/mol. The number of hydrogen-bond donors (Lipinski definition) is 1. The molecule has 2 aliphatic heterocycles. The van der Waals surface area contributed by atoms with Gasteiger partial charge in [0.25, 0.3) is 5.91 Å². The van der Waals surface area contributed by atoms with Gasteiger partial charge in [0.1, 0.15) is 19.5 Å². The lowest BCUT2D eigenvalue weighted by Gasteiger charge is -2.30. The Morgan fingerprint density at radius 2 is 2.10 bits per heavy atom. The van der Waals surface area contributed by atoms with Gasteiger partial charge in [0, 0.05) is 12.2 Å². The van der Waals surface area contributed by atoms with Crippen LogP contribution in [0.1, 0.15) is 22.3 Å². The van der Waals surface area contributed by atoms with E-state index >= 15 is 0 Å². The van der Waals surface area contributed by atoms with Gasteiger partial charge < -0.3 is 19.5 Å². The molecule has 1 aromatic rings. The second-order valence-electron chi connectivity index (χ2n) is 4.91. The first kappa shape index (κ1) is 13.5. The van der Waals surface area contributed by atoms with Crippen molar-refractivity contribution in [3.63, 3.8) is 0 Å². The molecule has 0 unspecified atom stereocenters. The standard InChI is InChI=1S/C15H15NO5/c17-14(13-9-20-6-7-21-13)16-5-1-2-10-8-11(15(18)19)3-4-12(10)16/h3-4,8-9H,1-2,5-7H2,(H,18,19). The van der Waals surface area contributed by atoms with Crippen molar-refractivity contribution in [3.8, 4) is 0 Å². The zero-order valence-corrected chi connectivity index (χ0v) is 11.4. The van der Waals surface area contributed by atoms with Crippen LogP contribution in [0.3, 0.4) is 0 Å². The van der Waals surface area contributed by atoms with Crippen LogP contribution in [0.4, 0.5) is 5.69 Å². The molecule has 0 bridgehead atoms. The highest BCUT2D eigenvalue weighted by molar-refractivity contribution is 6.05. The summed E-state index contributed by atoms with van der Waals surface area (Å²) in [6, 6.07) is 4.82. The number of carbonyl (C=O) groups is 2. The smallest absolute Gasteiger partial charge is 0.335 e. The Morgan fingerprint density at radius 1 is 1.24 bits per heavy atom. The Bertz CT molecular complexity index is 622. The normalized spacial score (nSPS) is 17.1. The number of aryl methyl sites for hydroxylation is 1. The summed E-state index contributed by atoms with van der Waals surface area (Å²) in [5.74, 6) is -1.02. The molecule has 6 heteroatoms. The van der Waals surface area contributed by atoms with Crippen molar-refractivity contribution in [2.75, 3.05) is 24.7 Å². The van der Waals surface area contributed by atoms with E-state index in [1.807, 2.05) is 0 Å². The van der Waals surface area contributed by atoms with Crippen molar-refractivity contribution in [3.05, 3.63) is 41.3 Å². The summed E-state index contributed by atoms with van der Waals surface area (Å²) in [6.07, 6.45) is 2.89. The van der Waals surface area contributed by atoms with E-state index in [4.69, 9.17) is 14.6 Å². The molecule has 0 fully saturated rings. The first-order valence-corrected chi connectivity index (χ1v) is 6.79. The quantitative estimate of drug-likeness (QED) is 0.894. The molecule has 0 aliphatic carbocycles. The van der Waals surface area contributed by atoms with Gasteiger partial charge in [-0.1, -0.05) is 0 Å².